The smallest absolute Gasteiger partial charge is 0.338 e. The van der Waals surface area contributed by atoms with Crippen LogP contribution in [0.2, 0.25) is 0 Å². The average molecular weight is 269 g/mol. The van der Waals surface area contributed by atoms with E-state index in [4.69, 9.17) is 9.94 Å². The summed E-state index contributed by atoms with van der Waals surface area (Å²) >= 11 is 0. The lowest BCUT2D eigenvalue weighted by Gasteiger charge is -2.07. The zero-order valence-electron chi connectivity index (χ0n) is 11.1. The van der Waals surface area contributed by atoms with Crippen molar-refractivity contribution in [2.24, 2.45) is 5.16 Å². The summed E-state index contributed by atoms with van der Waals surface area (Å²) in [6.45, 7) is 1.83. The Kier molecular flexibility index (Phi) is 4.50. The topological polar surface area (TPSA) is 58.9 Å². The van der Waals surface area contributed by atoms with Crippen LogP contribution >= 0.6 is 0 Å². The van der Waals surface area contributed by atoms with Crippen molar-refractivity contribution in [3.63, 3.8) is 0 Å². The summed E-state index contributed by atoms with van der Waals surface area (Å²) in [4.78, 5) is 11.9. The van der Waals surface area contributed by atoms with E-state index in [1.807, 2.05) is 31.2 Å². The maximum absolute atomic E-state index is 11.9. The molecule has 102 valence electrons. The minimum atomic E-state index is -0.439. The van der Waals surface area contributed by atoms with E-state index >= 15 is 0 Å². The third-order valence-electron chi connectivity index (χ3n) is 2.82. The van der Waals surface area contributed by atoms with Gasteiger partial charge in [-0.1, -0.05) is 53.2 Å². The number of benzene rings is 2. The second kappa shape index (κ2) is 6.52. The first kappa shape index (κ1) is 13.8. The van der Waals surface area contributed by atoms with Gasteiger partial charge in [-0.05, 0) is 19.1 Å². The Labute approximate surface area is 117 Å². The standard InChI is InChI=1S/C16H15NO3/c1-12-6-5-9-14(10-12)16(18)20-11-15(17-19)13-7-3-2-4-8-13/h2-10,19H,11H2,1H3/b17-15+. The first-order chi connectivity index (χ1) is 9.70. The molecule has 4 nitrogen and oxygen atoms in total. The van der Waals surface area contributed by atoms with E-state index in [2.05, 4.69) is 5.16 Å². The van der Waals surface area contributed by atoms with Crippen LogP contribution in [0.4, 0.5) is 0 Å². The minimum absolute atomic E-state index is 0.0761. The fourth-order valence-electron chi connectivity index (χ4n) is 1.79. The quantitative estimate of drug-likeness (QED) is 0.401. The lowest BCUT2D eigenvalue weighted by molar-refractivity contribution is 0.0562. The predicted molar refractivity (Wildman–Crippen MR) is 76.2 cm³/mol. The highest BCUT2D eigenvalue weighted by atomic mass is 16.5. The van der Waals surface area contributed by atoms with Gasteiger partial charge in [-0.15, -0.1) is 0 Å². The third-order valence-corrected chi connectivity index (χ3v) is 2.82. The molecule has 0 aliphatic heterocycles. The summed E-state index contributed by atoms with van der Waals surface area (Å²) < 4.78 is 5.16. The normalized spacial score (nSPS) is 11.2. The van der Waals surface area contributed by atoms with Crippen LogP contribution in [0.5, 0.6) is 0 Å². The molecule has 0 unspecified atom stereocenters. The fraction of sp³-hybridized carbons (Fsp3) is 0.125. The highest BCUT2D eigenvalue weighted by molar-refractivity contribution is 6.02. The van der Waals surface area contributed by atoms with Crippen molar-refractivity contribution in [1.29, 1.82) is 0 Å². The molecule has 0 fully saturated rings. The molecule has 0 heterocycles. The molecule has 0 radical (unpaired) electrons. The van der Waals surface area contributed by atoms with Crippen LogP contribution in [-0.2, 0) is 4.74 Å². The Morgan fingerprint density at radius 3 is 2.45 bits per heavy atom. The van der Waals surface area contributed by atoms with Gasteiger partial charge in [0.05, 0.1) is 5.56 Å². The molecule has 0 amide bonds. The van der Waals surface area contributed by atoms with Crippen molar-refractivity contribution in [1.82, 2.24) is 0 Å². The molecule has 1 N–H and O–H groups in total. The van der Waals surface area contributed by atoms with Crippen molar-refractivity contribution in [2.45, 2.75) is 6.92 Å². The van der Waals surface area contributed by atoms with Gasteiger partial charge in [-0.25, -0.2) is 4.79 Å². The molecule has 0 saturated heterocycles. The summed E-state index contributed by atoms with van der Waals surface area (Å²) in [5.41, 5.74) is 2.49. The number of rotatable bonds is 4. The molecular formula is C16H15NO3. The van der Waals surface area contributed by atoms with E-state index in [9.17, 15) is 4.79 Å². The number of hydrogen-bond donors (Lipinski definition) is 1. The van der Waals surface area contributed by atoms with Gasteiger partial charge in [-0.3, -0.25) is 0 Å². The van der Waals surface area contributed by atoms with Crippen LogP contribution in [0, 0.1) is 6.92 Å². The molecule has 0 atom stereocenters. The van der Waals surface area contributed by atoms with Crippen LogP contribution in [0.15, 0.2) is 59.8 Å². The predicted octanol–water partition coefficient (Wildman–Crippen LogP) is 3.03. The molecule has 2 rings (SSSR count). The lowest BCUT2D eigenvalue weighted by Crippen LogP contribution is -2.15. The second-order valence-corrected chi connectivity index (χ2v) is 4.36. The molecule has 0 aliphatic carbocycles. The molecule has 0 saturated carbocycles. The van der Waals surface area contributed by atoms with Crippen LogP contribution < -0.4 is 0 Å². The van der Waals surface area contributed by atoms with Crippen LogP contribution in [0.3, 0.4) is 0 Å². The maximum atomic E-state index is 11.9. The zero-order valence-corrected chi connectivity index (χ0v) is 11.1. The molecule has 4 heteroatoms. The van der Waals surface area contributed by atoms with Crippen molar-refractivity contribution in [2.75, 3.05) is 6.61 Å². The van der Waals surface area contributed by atoms with Crippen LogP contribution in [0.1, 0.15) is 21.5 Å². The summed E-state index contributed by atoms with van der Waals surface area (Å²) in [6, 6.07) is 16.2. The minimum Gasteiger partial charge on any atom is -0.455 e. The van der Waals surface area contributed by atoms with Gasteiger partial charge in [0.1, 0.15) is 12.3 Å². The second-order valence-electron chi connectivity index (χ2n) is 4.36. The highest BCUT2D eigenvalue weighted by Gasteiger charge is 2.10. The largest absolute Gasteiger partial charge is 0.455 e. The van der Waals surface area contributed by atoms with E-state index < -0.39 is 5.97 Å². The Bertz CT molecular complexity index is 621. The summed E-state index contributed by atoms with van der Waals surface area (Å²) in [5.74, 6) is -0.439. The van der Waals surface area contributed by atoms with Gasteiger partial charge in [0.25, 0.3) is 0 Å². The lowest BCUT2D eigenvalue weighted by atomic mass is 10.1. The SMILES string of the molecule is Cc1cccc(C(=O)OC/C(=N\O)c2ccccc2)c1. The van der Waals surface area contributed by atoms with E-state index in [1.165, 1.54) is 0 Å². The Hall–Kier alpha value is -2.62. The maximum Gasteiger partial charge on any atom is 0.338 e. The van der Waals surface area contributed by atoms with Crippen molar-refractivity contribution >= 4 is 11.7 Å². The first-order valence-corrected chi connectivity index (χ1v) is 6.21. The number of carbonyl (C=O) groups excluding carboxylic acids is 1. The Balaban J connectivity index is 2.03. The monoisotopic (exact) mass is 269 g/mol. The molecule has 2 aromatic carbocycles. The number of nitrogens with zero attached hydrogens (tertiary/aromatic N) is 1. The van der Waals surface area contributed by atoms with E-state index in [0.29, 0.717) is 16.8 Å². The van der Waals surface area contributed by atoms with Crippen molar-refractivity contribution < 1.29 is 14.7 Å². The van der Waals surface area contributed by atoms with Crippen molar-refractivity contribution in [3.05, 3.63) is 71.3 Å². The van der Waals surface area contributed by atoms with Gasteiger partial charge in [0, 0.05) is 5.56 Å². The van der Waals surface area contributed by atoms with Gasteiger partial charge in [0.2, 0.25) is 0 Å². The van der Waals surface area contributed by atoms with E-state index in [-0.39, 0.29) is 6.61 Å². The number of hydrogen-bond acceptors (Lipinski definition) is 4. The summed E-state index contributed by atoms with van der Waals surface area (Å²) in [7, 11) is 0. The molecule has 0 aliphatic rings. The molecular weight excluding hydrogens is 254 g/mol. The van der Waals surface area contributed by atoms with Crippen molar-refractivity contribution in [3.8, 4) is 0 Å². The highest BCUT2D eigenvalue weighted by Crippen LogP contribution is 2.07. The zero-order chi connectivity index (χ0) is 14.4. The van der Waals surface area contributed by atoms with E-state index in [1.54, 1.807) is 30.3 Å². The third kappa shape index (κ3) is 3.45. The molecule has 20 heavy (non-hydrogen) atoms. The van der Waals surface area contributed by atoms with Gasteiger partial charge < -0.3 is 9.94 Å². The number of esters is 1. The average Bonchev–Trinajstić information content (AvgIpc) is 2.49. The number of ether oxygens (including phenoxy) is 1. The number of aryl methyl sites for hydroxylation is 1. The molecule has 0 aromatic heterocycles. The Morgan fingerprint density at radius 2 is 1.80 bits per heavy atom. The fourth-order valence-corrected chi connectivity index (χ4v) is 1.79. The molecule has 0 bridgehead atoms. The van der Waals surface area contributed by atoms with Gasteiger partial charge >= 0.3 is 5.97 Å². The van der Waals surface area contributed by atoms with E-state index in [0.717, 1.165) is 5.56 Å². The first-order valence-electron chi connectivity index (χ1n) is 6.21. The summed E-state index contributed by atoms with van der Waals surface area (Å²) in [5, 5.41) is 12.2. The van der Waals surface area contributed by atoms with Gasteiger partial charge in [0.15, 0.2) is 0 Å². The number of carbonyl (C=O) groups is 1. The molecule has 0 spiro atoms. The summed E-state index contributed by atoms with van der Waals surface area (Å²) in [6.07, 6.45) is 0. The van der Waals surface area contributed by atoms with Gasteiger partial charge in [-0.2, -0.15) is 0 Å². The molecule has 2 aromatic rings. The number of oxime groups is 1. The van der Waals surface area contributed by atoms with Crippen LogP contribution in [0.25, 0.3) is 0 Å². The Morgan fingerprint density at radius 1 is 1.10 bits per heavy atom. The van der Waals surface area contributed by atoms with Crippen LogP contribution in [-0.4, -0.2) is 23.5 Å².